The fourth-order valence-corrected chi connectivity index (χ4v) is 9.55. The molecular formula is C40H71NO15. The van der Waals surface area contributed by atoms with Crippen molar-refractivity contribution in [2.45, 2.75) is 192 Å². The zero-order valence-electron chi connectivity index (χ0n) is 35.9. The Labute approximate surface area is 332 Å². The van der Waals surface area contributed by atoms with E-state index < -0.39 is 114 Å². The van der Waals surface area contributed by atoms with Crippen LogP contribution in [0.5, 0.6) is 0 Å². The highest BCUT2D eigenvalue weighted by molar-refractivity contribution is 5.73. The summed E-state index contributed by atoms with van der Waals surface area (Å²) >= 11 is 0. The van der Waals surface area contributed by atoms with Crippen LogP contribution in [0.2, 0.25) is 0 Å². The van der Waals surface area contributed by atoms with Gasteiger partial charge in [-0.3, -0.25) is 4.79 Å². The van der Waals surface area contributed by atoms with Crippen molar-refractivity contribution >= 4 is 12.1 Å². The number of nitrogens with zero attached hydrogens (tertiary/aromatic N) is 1. The predicted octanol–water partition coefficient (Wildman–Crippen LogP) is 3.12. The van der Waals surface area contributed by atoms with Crippen molar-refractivity contribution in [3.05, 3.63) is 0 Å². The number of aliphatic hydroxyl groups is 4. The predicted molar refractivity (Wildman–Crippen MR) is 201 cm³/mol. The van der Waals surface area contributed by atoms with Crippen LogP contribution >= 0.6 is 0 Å². The molecule has 0 aromatic carbocycles. The maximum atomic E-state index is 14.4. The normalized spacial score (nSPS) is 49.3. The van der Waals surface area contributed by atoms with E-state index in [1.165, 1.54) is 7.11 Å². The minimum Gasteiger partial charge on any atom is -0.459 e. The van der Waals surface area contributed by atoms with Gasteiger partial charge in [-0.15, -0.1) is 0 Å². The molecule has 4 saturated heterocycles. The van der Waals surface area contributed by atoms with E-state index in [1.807, 2.05) is 25.9 Å². The van der Waals surface area contributed by atoms with Crippen molar-refractivity contribution in [2.75, 3.05) is 27.8 Å². The molecule has 16 heteroatoms. The summed E-state index contributed by atoms with van der Waals surface area (Å²) < 4.78 is 55.5. The number of ether oxygens (including phenoxy) is 9. The zero-order chi connectivity index (χ0) is 42.3. The standard InChI is InChI=1S/C40H71NO15/c1-15-27-39(11)31(42)24(7)40(47,56-39)20(3)18-37(9,46)33(55-35-30(54-36(45)49-16-2)26(41(12)13)17-21(4)50-35)22(5)29(23(6)34(44)52-27)53-28-19-38(10,48-14)32(43)25(8)51-28/h20-33,35,42-43,46-47H,15-19H2,1-14H3/t20-,21-,22+,23?,24-,25+,26+,27-,28+,29?,30-,31-,32+,33-,35+,37-,38-,39-,40+/m1/s1. The molecule has 0 aromatic rings. The van der Waals surface area contributed by atoms with Gasteiger partial charge in [0.15, 0.2) is 24.5 Å². The van der Waals surface area contributed by atoms with E-state index in [1.54, 1.807) is 69.2 Å². The Bertz CT molecular complexity index is 1340. The van der Waals surface area contributed by atoms with Gasteiger partial charge in [-0.1, -0.05) is 27.7 Å². The van der Waals surface area contributed by atoms with Gasteiger partial charge in [-0.25, -0.2) is 4.79 Å². The van der Waals surface area contributed by atoms with E-state index in [9.17, 15) is 30.0 Å². The summed E-state index contributed by atoms with van der Waals surface area (Å²) in [6.45, 7) is 18.8. The second-order valence-corrected chi connectivity index (χ2v) is 17.7. The first-order valence-corrected chi connectivity index (χ1v) is 20.3. The third kappa shape index (κ3) is 9.20. The summed E-state index contributed by atoms with van der Waals surface area (Å²) in [5, 5.41) is 47.6. The second kappa shape index (κ2) is 17.9. The average molecular weight is 806 g/mol. The number of likely N-dealkylation sites (N-methyl/N-ethyl adjacent to an activating group) is 1. The molecule has 4 heterocycles. The largest absolute Gasteiger partial charge is 0.508 e. The molecule has 0 aromatic heterocycles. The highest BCUT2D eigenvalue weighted by atomic mass is 16.8. The zero-order valence-corrected chi connectivity index (χ0v) is 35.9. The molecule has 2 unspecified atom stereocenters. The number of aliphatic hydroxyl groups excluding tert-OH is 2. The Morgan fingerprint density at radius 1 is 0.929 bits per heavy atom. The third-order valence-electron chi connectivity index (χ3n) is 13.1. The van der Waals surface area contributed by atoms with Gasteiger partial charge in [-0.05, 0) is 81.8 Å². The van der Waals surface area contributed by atoms with Gasteiger partial charge >= 0.3 is 12.1 Å². The maximum Gasteiger partial charge on any atom is 0.508 e. The Kier molecular flexibility index (Phi) is 15.0. The average Bonchev–Trinajstić information content (AvgIpc) is 3.30. The Morgan fingerprint density at radius 2 is 1.57 bits per heavy atom. The minimum absolute atomic E-state index is 0.0806. The van der Waals surface area contributed by atoms with Crippen LogP contribution in [0.4, 0.5) is 4.79 Å². The van der Waals surface area contributed by atoms with Crippen LogP contribution in [0.1, 0.15) is 102 Å². The molecule has 0 saturated carbocycles. The smallest absolute Gasteiger partial charge is 0.459 e. The summed E-state index contributed by atoms with van der Waals surface area (Å²) in [6.07, 6.45) is -9.99. The van der Waals surface area contributed by atoms with Gasteiger partial charge in [-0.2, -0.15) is 0 Å². The molecule has 19 atom stereocenters. The molecule has 4 N–H and O–H groups in total. The number of esters is 1. The molecule has 4 rings (SSSR count). The molecule has 0 aliphatic carbocycles. The molecule has 0 amide bonds. The summed E-state index contributed by atoms with van der Waals surface area (Å²) in [7, 11) is 5.19. The maximum absolute atomic E-state index is 14.4. The van der Waals surface area contributed by atoms with E-state index in [0.717, 1.165) is 0 Å². The first-order chi connectivity index (χ1) is 25.9. The molecule has 0 radical (unpaired) electrons. The van der Waals surface area contributed by atoms with E-state index in [0.29, 0.717) is 6.42 Å². The van der Waals surface area contributed by atoms with Crippen molar-refractivity contribution in [1.29, 1.82) is 0 Å². The van der Waals surface area contributed by atoms with E-state index in [2.05, 4.69) is 0 Å². The number of cyclic esters (lactones) is 1. The number of fused-ring (bicyclic) bond motifs is 2. The van der Waals surface area contributed by atoms with Gasteiger partial charge in [0.1, 0.15) is 17.8 Å². The molecule has 16 nitrogen and oxygen atoms in total. The molecule has 0 spiro atoms. The van der Waals surface area contributed by atoms with Crippen LogP contribution in [0.25, 0.3) is 0 Å². The van der Waals surface area contributed by atoms with Gasteiger partial charge in [0, 0.05) is 31.3 Å². The van der Waals surface area contributed by atoms with Gasteiger partial charge < -0.3 is 68.0 Å². The molecule has 56 heavy (non-hydrogen) atoms. The lowest BCUT2D eigenvalue weighted by Crippen LogP contribution is -2.61. The van der Waals surface area contributed by atoms with Crippen molar-refractivity contribution in [3.8, 4) is 0 Å². The van der Waals surface area contributed by atoms with Crippen LogP contribution < -0.4 is 0 Å². The number of methoxy groups -OCH3 is 1. The first-order valence-electron chi connectivity index (χ1n) is 20.3. The highest BCUT2D eigenvalue weighted by Gasteiger charge is 2.64. The summed E-state index contributed by atoms with van der Waals surface area (Å²) in [4.78, 5) is 29.1. The lowest BCUT2D eigenvalue weighted by Gasteiger charge is -2.49. The van der Waals surface area contributed by atoms with E-state index >= 15 is 0 Å². The fourth-order valence-electron chi connectivity index (χ4n) is 9.55. The van der Waals surface area contributed by atoms with Crippen LogP contribution in [0.3, 0.4) is 0 Å². The van der Waals surface area contributed by atoms with E-state index in [4.69, 9.17) is 42.6 Å². The number of carbonyl (C=O) groups excluding carboxylic acids is 2. The monoisotopic (exact) mass is 805 g/mol. The Hall–Kier alpha value is -1.70. The van der Waals surface area contributed by atoms with Crippen molar-refractivity contribution in [2.24, 2.45) is 23.7 Å². The summed E-state index contributed by atoms with van der Waals surface area (Å²) in [6, 6.07) is -0.378. The van der Waals surface area contributed by atoms with Gasteiger partial charge in [0.2, 0.25) is 0 Å². The van der Waals surface area contributed by atoms with Crippen molar-refractivity contribution in [3.63, 3.8) is 0 Å². The molecule has 4 aliphatic heterocycles. The Balaban J connectivity index is 1.88. The summed E-state index contributed by atoms with van der Waals surface area (Å²) in [5.74, 6) is -6.19. The lowest BCUT2D eigenvalue weighted by atomic mass is 9.74. The quantitative estimate of drug-likeness (QED) is 0.248. The molecule has 4 aliphatic rings. The highest BCUT2D eigenvalue weighted by Crippen LogP contribution is 2.51. The fraction of sp³-hybridized carbons (Fsp3) is 0.950. The molecule has 4 fully saturated rings. The van der Waals surface area contributed by atoms with Crippen LogP contribution in [-0.2, 0) is 47.4 Å². The number of hydrogen-bond donors (Lipinski definition) is 4. The van der Waals surface area contributed by atoms with Crippen molar-refractivity contribution < 1.29 is 72.6 Å². The van der Waals surface area contributed by atoms with Crippen LogP contribution in [0.15, 0.2) is 0 Å². The number of rotatable bonds is 9. The minimum atomic E-state index is -1.96. The summed E-state index contributed by atoms with van der Waals surface area (Å²) in [5.41, 5.74) is -4.39. The van der Waals surface area contributed by atoms with Crippen LogP contribution in [-0.4, -0.2) is 155 Å². The first kappa shape index (κ1) is 47.0. The lowest BCUT2D eigenvalue weighted by molar-refractivity contribution is -0.320. The second-order valence-electron chi connectivity index (χ2n) is 17.7. The van der Waals surface area contributed by atoms with Gasteiger partial charge in [0.05, 0.1) is 60.3 Å². The third-order valence-corrected chi connectivity index (χ3v) is 13.1. The SMILES string of the molecule is CCOC(=O)O[C@H]1[C@H](O[C@@H]2[C@@H](C)C(O[C@H]3C[C@@](C)(OC)[C@@H](O)[C@H](C)O3)C(C)C(=O)O[C@H](CC)[C@@]3(C)O[C@@](O)([C@H](C)C[C@@]2(C)O)[C@H](C)[C@H]3O)O[C@H](C)C[C@@H]1N(C)C. The Morgan fingerprint density at radius 3 is 2.14 bits per heavy atom. The number of hydrogen-bond acceptors (Lipinski definition) is 16. The molecule has 326 valence electrons. The van der Waals surface area contributed by atoms with Crippen LogP contribution in [0, 0.1) is 23.7 Å². The topological polar surface area (TPSA) is 201 Å². The number of carbonyl (C=O) groups is 2. The molecule has 2 bridgehead atoms. The van der Waals surface area contributed by atoms with Gasteiger partial charge in [0.25, 0.3) is 0 Å². The molecular weight excluding hydrogens is 734 g/mol. The van der Waals surface area contributed by atoms with Crippen molar-refractivity contribution in [1.82, 2.24) is 4.90 Å². The van der Waals surface area contributed by atoms with E-state index in [-0.39, 0.29) is 38.0 Å².